The van der Waals surface area contributed by atoms with E-state index in [9.17, 15) is 19.5 Å². The lowest BCUT2D eigenvalue weighted by Crippen LogP contribution is -2.55. The first-order chi connectivity index (χ1) is 15.7. The number of alkyl halides is 1. The zero-order chi connectivity index (χ0) is 24.1. The zero-order valence-corrected chi connectivity index (χ0v) is 21.8. The molecule has 1 aromatic carbocycles. The fourth-order valence-corrected chi connectivity index (χ4v) is 9.27. The van der Waals surface area contributed by atoms with Crippen molar-refractivity contribution in [3.05, 3.63) is 29.3 Å². The molecule has 3 fully saturated rings. The Balaban J connectivity index is 1.74. The molecule has 7 nitrogen and oxygen atoms in total. The van der Waals surface area contributed by atoms with Crippen LogP contribution in [0.2, 0.25) is 0 Å². The van der Waals surface area contributed by atoms with Crippen molar-refractivity contribution in [3.63, 3.8) is 0 Å². The molecule has 3 amide bonds. The zero-order valence-electron chi connectivity index (χ0n) is 19.4. The van der Waals surface area contributed by atoms with Crippen molar-refractivity contribution in [1.82, 2.24) is 10.2 Å². The van der Waals surface area contributed by atoms with E-state index in [2.05, 4.69) is 26.6 Å². The molecule has 9 heteroatoms. The maximum Gasteiger partial charge on any atom is 0.248 e. The molecule has 0 saturated carbocycles. The molecule has 1 spiro atoms. The number of hydrogen-bond donors (Lipinski definition) is 3. The third-order valence-corrected chi connectivity index (χ3v) is 10.4. The molecule has 3 heterocycles. The van der Waals surface area contributed by atoms with Gasteiger partial charge >= 0.3 is 0 Å². The molecular formula is C24H32BrN3O4S. The van der Waals surface area contributed by atoms with E-state index in [0.29, 0.717) is 18.7 Å². The number of anilines is 1. The molecule has 0 aliphatic carbocycles. The fraction of sp³-hybridized carbons (Fsp3) is 0.625. The summed E-state index contributed by atoms with van der Waals surface area (Å²) in [5.41, 5.74) is 2.68. The summed E-state index contributed by atoms with van der Waals surface area (Å²) in [5, 5.41) is 15.9. The van der Waals surface area contributed by atoms with E-state index >= 15 is 0 Å². The number of nitrogens with one attached hydrogen (secondary N) is 2. The molecule has 1 aromatic rings. The number of hydrogen-bond acceptors (Lipinski definition) is 5. The van der Waals surface area contributed by atoms with Crippen molar-refractivity contribution in [3.8, 4) is 0 Å². The average molecular weight is 539 g/mol. The number of amides is 3. The number of aliphatic hydroxyl groups is 1. The number of carbonyl (C=O) groups excluding carboxylic acids is 3. The lowest BCUT2D eigenvalue weighted by molar-refractivity contribution is -0.141. The molecule has 3 saturated heterocycles. The van der Waals surface area contributed by atoms with E-state index in [0.717, 1.165) is 17.5 Å². The number of aryl methyl sites for hydroxylation is 2. The van der Waals surface area contributed by atoms with Gasteiger partial charge in [-0.15, -0.1) is 11.8 Å². The van der Waals surface area contributed by atoms with Crippen LogP contribution in [0.5, 0.6) is 0 Å². The van der Waals surface area contributed by atoms with Crippen molar-refractivity contribution >= 4 is 51.1 Å². The Morgan fingerprint density at radius 2 is 2.06 bits per heavy atom. The Labute approximate surface area is 207 Å². The molecule has 3 N–H and O–H groups in total. The lowest BCUT2D eigenvalue weighted by atomic mass is 9.70. The van der Waals surface area contributed by atoms with Gasteiger partial charge in [-0.25, -0.2) is 0 Å². The first-order valence-corrected chi connectivity index (χ1v) is 13.4. The van der Waals surface area contributed by atoms with Crippen LogP contribution in [0.25, 0.3) is 0 Å². The number of halogens is 1. The topological polar surface area (TPSA) is 98.7 Å². The van der Waals surface area contributed by atoms with E-state index < -0.39 is 28.7 Å². The molecule has 7 atom stereocenters. The second kappa shape index (κ2) is 9.23. The van der Waals surface area contributed by atoms with Crippen molar-refractivity contribution in [2.24, 2.45) is 11.8 Å². The van der Waals surface area contributed by atoms with E-state index in [1.165, 1.54) is 0 Å². The Kier molecular flexibility index (Phi) is 6.86. The van der Waals surface area contributed by atoms with Gasteiger partial charge in [0.05, 0.1) is 29.2 Å². The van der Waals surface area contributed by atoms with Crippen LogP contribution in [0.4, 0.5) is 5.69 Å². The van der Waals surface area contributed by atoms with Gasteiger partial charge in [-0.3, -0.25) is 14.4 Å². The smallest absolute Gasteiger partial charge is 0.248 e. The third-order valence-electron chi connectivity index (χ3n) is 7.22. The van der Waals surface area contributed by atoms with Crippen LogP contribution in [-0.4, -0.2) is 67.8 Å². The molecule has 3 unspecified atom stereocenters. The highest BCUT2D eigenvalue weighted by molar-refractivity contribution is 9.09. The molecule has 0 aromatic heterocycles. The van der Waals surface area contributed by atoms with Crippen LogP contribution in [-0.2, 0) is 14.4 Å². The SMILES string of the molecule is CCCNC(=O)[C@H]1[C@H]2C(=O)N([C@H](C)CO)C(C(=O)Nc3cc(C)ccc3C)C23CC(Br)[C@@H]1S3. The Hall–Kier alpha value is -1.58. The van der Waals surface area contributed by atoms with Gasteiger partial charge in [0, 0.05) is 22.3 Å². The first-order valence-electron chi connectivity index (χ1n) is 11.6. The largest absolute Gasteiger partial charge is 0.394 e. The van der Waals surface area contributed by atoms with Gasteiger partial charge < -0.3 is 20.6 Å². The summed E-state index contributed by atoms with van der Waals surface area (Å²) in [6.07, 6.45) is 1.43. The van der Waals surface area contributed by atoms with Gasteiger partial charge in [0.25, 0.3) is 0 Å². The Morgan fingerprint density at radius 3 is 2.73 bits per heavy atom. The summed E-state index contributed by atoms with van der Waals surface area (Å²) in [4.78, 5) is 42.3. The number of fused-ring (bicyclic) bond motifs is 1. The summed E-state index contributed by atoms with van der Waals surface area (Å²) in [6, 6.07) is 4.57. The second-order valence-corrected chi connectivity index (χ2v) is 12.3. The van der Waals surface area contributed by atoms with Crippen LogP contribution in [0.3, 0.4) is 0 Å². The van der Waals surface area contributed by atoms with Crippen LogP contribution in [0.1, 0.15) is 37.8 Å². The maximum absolute atomic E-state index is 13.8. The summed E-state index contributed by atoms with van der Waals surface area (Å²) < 4.78 is -0.713. The van der Waals surface area contributed by atoms with Gasteiger partial charge in [0.1, 0.15) is 6.04 Å². The number of aliphatic hydroxyl groups excluding tert-OH is 1. The Morgan fingerprint density at radius 1 is 1.33 bits per heavy atom. The highest BCUT2D eigenvalue weighted by Crippen LogP contribution is 2.68. The van der Waals surface area contributed by atoms with Crippen molar-refractivity contribution in [2.75, 3.05) is 18.5 Å². The molecular weight excluding hydrogens is 506 g/mol. The average Bonchev–Trinajstić information content (AvgIpc) is 3.37. The van der Waals surface area contributed by atoms with E-state index in [1.807, 2.05) is 39.0 Å². The first kappa shape index (κ1) is 24.5. The van der Waals surface area contributed by atoms with Crippen LogP contribution < -0.4 is 10.6 Å². The quantitative estimate of drug-likeness (QED) is 0.464. The van der Waals surface area contributed by atoms with E-state index in [4.69, 9.17) is 0 Å². The van der Waals surface area contributed by atoms with Gasteiger partial charge in [-0.05, 0) is 50.8 Å². The van der Waals surface area contributed by atoms with Crippen molar-refractivity contribution in [2.45, 2.75) is 67.4 Å². The Bertz CT molecular complexity index is 975. The van der Waals surface area contributed by atoms with Gasteiger partial charge in [0.15, 0.2) is 0 Å². The highest BCUT2D eigenvalue weighted by Gasteiger charge is 2.75. The number of benzene rings is 1. The standard InChI is InChI=1S/C24H32BrN3O4S/c1-5-8-26-21(30)17-18-23(32)28(14(4)11-29)20(24(18)10-15(25)19(17)33-24)22(31)27-16-9-12(2)6-7-13(16)3/h6-7,9,14-15,17-20,29H,5,8,10-11H2,1-4H3,(H,26,30)(H,27,31)/t14-,15?,17+,18+,19+,20?,24?/m1/s1. The maximum atomic E-state index is 13.8. The number of nitrogens with zero attached hydrogens (tertiary/aromatic N) is 1. The van der Waals surface area contributed by atoms with Gasteiger partial charge in [0.2, 0.25) is 17.7 Å². The minimum Gasteiger partial charge on any atom is -0.394 e. The number of rotatable bonds is 7. The van der Waals surface area contributed by atoms with Gasteiger partial charge in [-0.2, -0.15) is 0 Å². The number of thioether (sulfide) groups is 1. The normalized spacial score (nSPS) is 33.2. The monoisotopic (exact) mass is 537 g/mol. The second-order valence-electron chi connectivity index (χ2n) is 9.54. The number of carbonyl (C=O) groups is 3. The number of likely N-dealkylation sites (tertiary alicyclic amines) is 1. The summed E-state index contributed by atoms with van der Waals surface area (Å²) in [7, 11) is 0. The molecule has 3 aliphatic rings. The minimum absolute atomic E-state index is 0.0318. The molecule has 3 aliphatic heterocycles. The highest BCUT2D eigenvalue weighted by atomic mass is 79.9. The molecule has 180 valence electrons. The minimum atomic E-state index is -0.768. The fourth-order valence-electron chi connectivity index (χ4n) is 5.67. The third kappa shape index (κ3) is 3.90. The van der Waals surface area contributed by atoms with Gasteiger partial charge in [-0.1, -0.05) is 35.0 Å². The van der Waals surface area contributed by atoms with Crippen LogP contribution in [0, 0.1) is 25.7 Å². The predicted molar refractivity (Wildman–Crippen MR) is 133 cm³/mol. The van der Waals surface area contributed by atoms with Crippen molar-refractivity contribution < 1.29 is 19.5 Å². The molecule has 4 rings (SSSR count). The van der Waals surface area contributed by atoms with E-state index in [1.54, 1.807) is 23.6 Å². The summed E-state index contributed by atoms with van der Waals surface area (Å²) in [5.74, 6) is -1.67. The molecule has 0 radical (unpaired) electrons. The predicted octanol–water partition coefficient (Wildman–Crippen LogP) is 2.61. The molecule has 2 bridgehead atoms. The summed E-state index contributed by atoms with van der Waals surface area (Å²) in [6.45, 7) is 7.95. The van der Waals surface area contributed by atoms with E-state index in [-0.39, 0.29) is 34.4 Å². The summed E-state index contributed by atoms with van der Waals surface area (Å²) >= 11 is 5.35. The van der Waals surface area contributed by atoms with Crippen molar-refractivity contribution in [1.29, 1.82) is 0 Å². The lowest BCUT2D eigenvalue weighted by Gasteiger charge is -2.36. The van der Waals surface area contributed by atoms with Crippen LogP contribution >= 0.6 is 27.7 Å². The van der Waals surface area contributed by atoms with Crippen LogP contribution in [0.15, 0.2) is 18.2 Å². The molecule has 33 heavy (non-hydrogen) atoms.